The molecule has 5 aliphatic rings. The molecule has 0 saturated heterocycles. The van der Waals surface area contributed by atoms with Crippen LogP contribution in [-0.2, 0) is 37.9 Å². The fraction of sp³-hybridized carbons (Fsp3) is 0.446. The van der Waals surface area contributed by atoms with Crippen LogP contribution in [0.25, 0.3) is 22.3 Å². The van der Waals surface area contributed by atoms with Crippen LogP contribution in [0.1, 0.15) is 191 Å². The zero-order valence-electron chi connectivity index (χ0n) is 44.4. The van der Waals surface area contributed by atoms with Gasteiger partial charge in [0.25, 0.3) is 0 Å². The maximum Gasteiger partial charge on any atom is 0.198 e. The fourth-order valence-corrected chi connectivity index (χ4v) is 13.7. The summed E-state index contributed by atoms with van der Waals surface area (Å²) in [6.07, 6.45) is 7.12. The van der Waals surface area contributed by atoms with Crippen molar-refractivity contribution < 1.29 is 0 Å². The SMILES string of the molecule is Cc1cc(-c2cc3c(cc2Nc2ccc4c(c2)C(C)(C)CCC4(C)C)C(C)(C)CCC3(C)C)c2c(c1)N(c1cc3c(cc1C)C(C)(C)CCC3(C)C)c1ccc3c(c1[B]2)-c1ccccc1C3(C)C. The van der Waals surface area contributed by atoms with E-state index in [-0.39, 0.29) is 37.9 Å². The van der Waals surface area contributed by atoms with E-state index in [1.807, 2.05) is 0 Å². The van der Waals surface area contributed by atoms with Gasteiger partial charge in [0.2, 0.25) is 0 Å². The van der Waals surface area contributed by atoms with Crippen molar-refractivity contribution in [1.29, 1.82) is 0 Å². The smallest absolute Gasteiger partial charge is 0.198 e. The Morgan fingerprint density at radius 3 is 1.57 bits per heavy atom. The number of fused-ring (bicyclic) bond motifs is 9. The Hall–Kier alpha value is -5.02. The summed E-state index contributed by atoms with van der Waals surface area (Å²) >= 11 is 0. The first-order valence-corrected chi connectivity index (χ1v) is 26.1. The lowest BCUT2D eigenvalue weighted by Gasteiger charge is -2.44. The molecule has 0 unspecified atom stereocenters. The van der Waals surface area contributed by atoms with Gasteiger partial charge in [0, 0.05) is 39.4 Å². The van der Waals surface area contributed by atoms with Crippen molar-refractivity contribution in [1.82, 2.24) is 0 Å². The lowest BCUT2D eigenvalue weighted by Crippen LogP contribution is -2.43. The monoisotopic (exact) mass is 896 g/mol. The van der Waals surface area contributed by atoms with Gasteiger partial charge in [-0.1, -0.05) is 145 Å². The van der Waals surface area contributed by atoms with Crippen LogP contribution in [0.4, 0.5) is 28.4 Å². The average molecular weight is 896 g/mol. The molecule has 6 aromatic rings. The summed E-state index contributed by atoms with van der Waals surface area (Å²) in [5.74, 6) is 0. The lowest BCUT2D eigenvalue weighted by atomic mass is 9.55. The van der Waals surface area contributed by atoms with E-state index in [2.05, 4.69) is 219 Å². The van der Waals surface area contributed by atoms with Gasteiger partial charge in [-0.3, -0.25) is 0 Å². The second-order valence-electron chi connectivity index (χ2n) is 26.6. The van der Waals surface area contributed by atoms with Gasteiger partial charge >= 0.3 is 0 Å². The first-order chi connectivity index (χ1) is 31.7. The minimum absolute atomic E-state index is 0.0444. The molecule has 1 N–H and O–H groups in total. The number of rotatable bonds is 4. The minimum atomic E-state index is -0.111. The van der Waals surface area contributed by atoms with E-state index < -0.39 is 0 Å². The largest absolute Gasteiger partial charge is 0.355 e. The molecule has 68 heavy (non-hydrogen) atoms. The third kappa shape index (κ3) is 6.70. The number of hydrogen-bond donors (Lipinski definition) is 1. The number of nitrogens with one attached hydrogen (secondary N) is 1. The normalized spacial score (nSPS) is 20.9. The molecule has 0 atom stereocenters. The number of anilines is 5. The molecule has 0 fully saturated rings. The van der Waals surface area contributed by atoms with Crippen LogP contribution < -0.4 is 21.1 Å². The van der Waals surface area contributed by atoms with Crippen LogP contribution in [0, 0.1) is 13.8 Å². The standard InChI is InChI=1S/C65H76BN2/c1-38-31-43(42-35-49-50(63(11,12)29-28-62(49,9)10)36-52(42)67-40-21-22-45-48(34-40)61(7,8)26-25-59(45,3)4)57-55(32-38)68(54-37-51-47(33-39(54)2)60(5,6)27-30-64(51,13)14)53-24-23-46-56(58(53)66-57)41-19-17-18-20-44(41)65(46,15)16/h17-24,31-37,67H,25-30H2,1-16H3. The fourth-order valence-electron chi connectivity index (χ4n) is 13.7. The summed E-state index contributed by atoms with van der Waals surface area (Å²) in [6.45, 7) is 39.0. The summed E-state index contributed by atoms with van der Waals surface area (Å²) in [5, 5.41) is 4.19. The maximum absolute atomic E-state index is 4.19. The van der Waals surface area contributed by atoms with E-state index in [0.29, 0.717) is 0 Å². The van der Waals surface area contributed by atoms with E-state index in [0.717, 1.165) is 0 Å². The van der Waals surface area contributed by atoms with Crippen molar-refractivity contribution >= 4 is 46.6 Å². The predicted octanol–water partition coefficient (Wildman–Crippen LogP) is 16.5. The number of hydrogen-bond acceptors (Lipinski definition) is 2. The van der Waals surface area contributed by atoms with Crippen LogP contribution in [0.3, 0.4) is 0 Å². The van der Waals surface area contributed by atoms with Crippen molar-refractivity contribution in [3.63, 3.8) is 0 Å². The summed E-state index contributed by atoms with van der Waals surface area (Å²) < 4.78 is 0. The van der Waals surface area contributed by atoms with Crippen molar-refractivity contribution in [3.05, 3.63) is 147 Å². The van der Waals surface area contributed by atoms with E-state index in [4.69, 9.17) is 0 Å². The molecule has 0 aromatic heterocycles. The molecule has 11 rings (SSSR count). The third-order valence-electron chi connectivity index (χ3n) is 18.7. The van der Waals surface area contributed by atoms with Crippen LogP contribution in [0.5, 0.6) is 0 Å². The molecule has 1 aliphatic heterocycles. The maximum atomic E-state index is 4.19. The molecule has 0 bridgehead atoms. The number of nitrogens with zero attached hydrogens (tertiary/aromatic N) is 1. The highest BCUT2D eigenvalue weighted by Gasteiger charge is 2.44. The summed E-state index contributed by atoms with van der Waals surface area (Å²) in [5.41, 5.74) is 29.0. The Morgan fingerprint density at radius 1 is 0.412 bits per heavy atom. The van der Waals surface area contributed by atoms with Gasteiger partial charge in [-0.2, -0.15) is 0 Å². The Morgan fingerprint density at radius 2 is 0.941 bits per heavy atom. The second kappa shape index (κ2) is 14.5. The molecule has 6 aromatic carbocycles. The van der Waals surface area contributed by atoms with Crippen LogP contribution in [0.2, 0.25) is 0 Å². The van der Waals surface area contributed by atoms with Crippen molar-refractivity contribution in [3.8, 4) is 22.3 Å². The minimum Gasteiger partial charge on any atom is -0.355 e. The van der Waals surface area contributed by atoms with Gasteiger partial charge in [-0.25, -0.2) is 0 Å². The Labute approximate surface area is 411 Å². The Balaban J connectivity index is 1.20. The Kier molecular flexibility index (Phi) is 9.70. The highest BCUT2D eigenvalue weighted by molar-refractivity contribution is 6.74. The van der Waals surface area contributed by atoms with E-state index in [9.17, 15) is 0 Å². The lowest BCUT2D eigenvalue weighted by molar-refractivity contribution is 0.332. The highest BCUT2D eigenvalue weighted by atomic mass is 15.2. The first-order valence-electron chi connectivity index (χ1n) is 26.1. The highest BCUT2D eigenvalue weighted by Crippen LogP contribution is 2.55. The molecule has 2 nitrogen and oxygen atoms in total. The molecule has 0 amide bonds. The average Bonchev–Trinajstić information content (AvgIpc) is 3.51. The van der Waals surface area contributed by atoms with E-state index in [1.165, 1.54) is 156 Å². The van der Waals surface area contributed by atoms with Crippen LogP contribution in [0.15, 0.2) is 91.0 Å². The van der Waals surface area contributed by atoms with Crippen LogP contribution >= 0.6 is 0 Å². The molecule has 1 radical (unpaired) electrons. The van der Waals surface area contributed by atoms with Gasteiger partial charge in [0.05, 0.1) is 0 Å². The molecule has 4 aliphatic carbocycles. The zero-order valence-corrected chi connectivity index (χ0v) is 44.4. The van der Waals surface area contributed by atoms with Gasteiger partial charge in [-0.05, 0) is 211 Å². The molecule has 0 saturated carbocycles. The molecular formula is C65H76BN2. The second-order valence-corrected chi connectivity index (χ2v) is 26.6. The summed E-state index contributed by atoms with van der Waals surface area (Å²) in [6, 6.07) is 36.7. The molecule has 349 valence electrons. The zero-order chi connectivity index (χ0) is 48.5. The quantitative estimate of drug-likeness (QED) is 0.177. The molecular weight excluding hydrogens is 820 g/mol. The third-order valence-corrected chi connectivity index (χ3v) is 18.7. The Bertz CT molecular complexity index is 3130. The summed E-state index contributed by atoms with van der Waals surface area (Å²) in [7, 11) is 2.59. The molecule has 3 heteroatoms. The number of benzene rings is 6. The van der Waals surface area contributed by atoms with E-state index in [1.54, 1.807) is 0 Å². The first kappa shape index (κ1) is 45.4. The van der Waals surface area contributed by atoms with Gasteiger partial charge in [-0.15, -0.1) is 0 Å². The van der Waals surface area contributed by atoms with Gasteiger partial charge in [0.1, 0.15) is 0 Å². The van der Waals surface area contributed by atoms with Gasteiger partial charge in [0.15, 0.2) is 7.28 Å². The van der Waals surface area contributed by atoms with Crippen molar-refractivity contribution in [2.45, 2.75) is 187 Å². The van der Waals surface area contributed by atoms with Crippen molar-refractivity contribution in [2.24, 2.45) is 0 Å². The summed E-state index contributed by atoms with van der Waals surface area (Å²) in [4.78, 5) is 2.68. The van der Waals surface area contributed by atoms with Crippen LogP contribution in [-0.4, -0.2) is 7.28 Å². The molecule has 1 heterocycles. The van der Waals surface area contributed by atoms with E-state index >= 15 is 0 Å². The molecule has 0 spiro atoms. The topological polar surface area (TPSA) is 15.3 Å². The van der Waals surface area contributed by atoms with Gasteiger partial charge < -0.3 is 10.2 Å². The number of aryl methyl sites for hydroxylation is 2. The van der Waals surface area contributed by atoms with Crippen molar-refractivity contribution in [2.75, 3.05) is 10.2 Å². The predicted molar refractivity (Wildman–Crippen MR) is 294 cm³/mol.